The third-order valence-corrected chi connectivity index (χ3v) is 6.07. The lowest BCUT2D eigenvalue weighted by Crippen LogP contribution is -2.03. The number of rotatable bonds is 5. The number of pyridine rings is 1. The Labute approximate surface area is 163 Å². The molecular formula is C21H17FN2O3S. The highest BCUT2D eigenvalue weighted by atomic mass is 32.2. The minimum absolute atomic E-state index is 0.00977. The quantitative estimate of drug-likeness (QED) is 0.645. The van der Waals surface area contributed by atoms with E-state index in [0.29, 0.717) is 22.4 Å². The topological polar surface area (TPSA) is 80.0 Å². The van der Waals surface area contributed by atoms with Crippen LogP contribution in [0.1, 0.15) is 12.5 Å². The summed E-state index contributed by atoms with van der Waals surface area (Å²) >= 11 is 0. The molecule has 0 saturated carbocycles. The van der Waals surface area contributed by atoms with Gasteiger partial charge in [0, 0.05) is 11.1 Å². The van der Waals surface area contributed by atoms with E-state index < -0.39 is 9.84 Å². The monoisotopic (exact) mass is 396 g/mol. The molecule has 3 aromatic rings. The molecule has 0 spiro atoms. The Balaban J connectivity index is 2.21. The summed E-state index contributed by atoms with van der Waals surface area (Å²) in [5, 5.41) is 9.40. The van der Waals surface area contributed by atoms with E-state index >= 15 is 0 Å². The zero-order valence-electron chi connectivity index (χ0n) is 15.3. The van der Waals surface area contributed by atoms with Crippen LogP contribution >= 0.6 is 0 Å². The molecule has 1 heterocycles. The van der Waals surface area contributed by atoms with E-state index in [0.717, 1.165) is 0 Å². The summed E-state index contributed by atoms with van der Waals surface area (Å²) in [6.07, 6.45) is 0. The summed E-state index contributed by atoms with van der Waals surface area (Å²) in [6, 6.07) is 15.9. The van der Waals surface area contributed by atoms with Gasteiger partial charge in [0.2, 0.25) is 5.88 Å². The first-order valence-electron chi connectivity index (χ1n) is 8.48. The van der Waals surface area contributed by atoms with Crippen LogP contribution in [0.3, 0.4) is 0 Å². The van der Waals surface area contributed by atoms with E-state index in [4.69, 9.17) is 4.74 Å². The fourth-order valence-electron chi connectivity index (χ4n) is 2.79. The largest absolute Gasteiger partial charge is 0.480 e. The lowest BCUT2D eigenvalue weighted by atomic mass is 9.98. The number of aromatic nitrogens is 1. The Morgan fingerprint density at radius 2 is 1.68 bits per heavy atom. The van der Waals surface area contributed by atoms with Crippen LogP contribution in [0, 0.1) is 17.1 Å². The summed E-state index contributed by atoms with van der Waals surface area (Å²) in [4.78, 5) is 4.67. The van der Waals surface area contributed by atoms with E-state index in [1.165, 1.54) is 31.4 Å². The highest BCUT2D eigenvalue weighted by molar-refractivity contribution is 7.91. The predicted octanol–water partition coefficient (Wildman–Crippen LogP) is 4.23. The number of benzene rings is 2. The second-order valence-electron chi connectivity index (χ2n) is 5.99. The Bertz CT molecular complexity index is 1150. The van der Waals surface area contributed by atoms with Gasteiger partial charge in [-0.2, -0.15) is 5.26 Å². The number of halogens is 1. The van der Waals surface area contributed by atoms with Crippen molar-refractivity contribution in [2.24, 2.45) is 0 Å². The van der Waals surface area contributed by atoms with Gasteiger partial charge in [-0.25, -0.2) is 17.8 Å². The van der Waals surface area contributed by atoms with Crippen LogP contribution < -0.4 is 4.74 Å². The van der Waals surface area contributed by atoms with Gasteiger partial charge in [0.15, 0.2) is 9.84 Å². The third-order valence-electron chi connectivity index (χ3n) is 4.32. The maximum absolute atomic E-state index is 13.3. The van der Waals surface area contributed by atoms with Crippen molar-refractivity contribution in [2.75, 3.05) is 12.9 Å². The Hall–Kier alpha value is -3.24. The minimum Gasteiger partial charge on any atom is -0.480 e. The molecule has 0 amide bonds. The Morgan fingerprint density at radius 1 is 1.07 bits per heavy atom. The molecule has 0 bridgehead atoms. The zero-order valence-corrected chi connectivity index (χ0v) is 16.1. The Morgan fingerprint density at radius 3 is 2.21 bits per heavy atom. The van der Waals surface area contributed by atoms with Gasteiger partial charge in [-0.05, 0) is 48.0 Å². The van der Waals surface area contributed by atoms with Crippen LogP contribution in [0.5, 0.6) is 5.88 Å². The van der Waals surface area contributed by atoms with Crippen LogP contribution in [-0.2, 0) is 9.84 Å². The van der Waals surface area contributed by atoms with Crippen LogP contribution in [0.25, 0.3) is 22.4 Å². The molecule has 7 heteroatoms. The smallest absolute Gasteiger partial charge is 0.232 e. The molecule has 2 aromatic carbocycles. The normalized spacial score (nSPS) is 11.1. The van der Waals surface area contributed by atoms with Gasteiger partial charge in [0.1, 0.15) is 17.4 Å². The molecule has 28 heavy (non-hydrogen) atoms. The molecule has 0 N–H and O–H groups in total. The van der Waals surface area contributed by atoms with Crippen molar-refractivity contribution in [3.8, 4) is 34.3 Å². The second-order valence-corrected chi connectivity index (χ2v) is 8.27. The molecular weight excluding hydrogens is 379 g/mol. The summed E-state index contributed by atoms with van der Waals surface area (Å²) in [6.45, 7) is 1.59. The fourth-order valence-corrected chi connectivity index (χ4v) is 3.67. The molecule has 0 radical (unpaired) electrons. The number of nitriles is 1. The van der Waals surface area contributed by atoms with E-state index in [1.54, 1.807) is 37.3 Å². The fraction of sp³-hybridized carbons (Fsp3) is 0.143. The van der Waals surface area contributed by atoms with Crippen molar-refractivity contribution < 1.29 is 17.5 Å². The van der Waals surface area contributed by atoms with Gasteiger partial charge in [-0.3, -0.25) is 0 Å². The number of hydrogen-bond acceptors (Lipinski definition) is 5. The molecule has 0 aliphatic heterocycles. The summed E-state index contributed by atoms with van der Waals surface area (Å²) in [5.41, 5.74) is 2.69. The van der Waals surface area contributed by atoms with Crippen molar-refractivity contribution in [2.45, 2.75) is 11.8 Å². The maximum atomic E-state index is 13.3. The molecule has 0 fully saturated rings. The lowest BCUT2D eigenvalue weighted by molar-refractivity contribution is 0.397. The maximum Gasteiger partial charge on any atom is 0.232 e. The third kappa shape index (κ3) is 3.73. The first-order chi connectivity index (χ1) is 13.4. The molecule has 0 aliphatic carbocycles. The van der Waals surface area contributed by atoms with Crippen molar-refractivity contribution in [1.29, 1.82) is 5.26 Å². The van der Waals surface area contributed by atoms with Gasteiger partial charge < -0.3 is 4.74 Å². The van der Waals surface area contributed by atoms with Crippen molar-refractivity contribution in [1.82, 2.24) is 4.98 Å². The molecule has 142 valence electrons. The Kier molecular flexibility index (Phi) is 5.43. The van der Waals surface area contributed by atoms with Crippen LogP contribution in [-0.4, -0.2) is 26.3 Å². The molecule has 0 atom stereocenters. The second kappa shape index (κ2) is 7.79. The van der Waals surface area contributed by atoms with E-state index in [9.17, 15) is 18.1 Å². The number of sulfone groups is 1. The molecule has 1 aromatic heterocycles. The SMILES string of the molecule is CCS(=O)(=O)c1ccc(-c2cc(C#N)c(OC)nc2-c2ccc(F)cc2)cc1. The molecule has 5 nitrogen and oxygen atoms in total. The minimum atomic E-state index is -3.32. The van der Waals surface area contributed by atoms with Gasteiger partial charge in [-0.1, -0.05) is 19.1 Å². The van der Waals surface area contributed by atoms with Crippen LogP contribution in [0.15, 0.2) is 59.5 Å². The number of ether oxygens (including phenoxy) is 1. The highest BCUT2D eigenvalue weighted by Gasteiger charge is 2.17. The molecule has 0 saturated heterocycles. The number of hydrogen-bond donors (Lipinski definition) is 0. The molecule has 0 unspecified atom stereocenters. The number of nitrogens with zero attached hydrogens (tertiary/aromatic N) is 2. The zero-order chi connectivity index (χ0) is 20.3. The van der Waals surface area contributed by atoms with E-state index in [1.807, 2.05) is 6.07 Å². The summed E-state index contributed by atoms with van der Waals surface area (Å²) < 4.78 is 42.6. The van der Waals surface area contributed by atoms with Gasteiger partial charge in [-0.15, -0.1) is 0 Å². The lowest BCUT2D eigenvalue weighted by Gasteiger charge is -2.13. The van der Waals surface area contributed by atoms with Gasteiger partial charge in [0.25, 0.3) is 0 Å². The number of methoxy groups -OCH3 is 1. The van der Waals surface area contributed by atoms with Crippen LogP contribution in [0.4, 0.5) is 4.39 Å². The highest BCUT2D eigenvalue weighted by Crippen LogP contribution is 2.35. The first-order valence-corrected chi connectivity index (χ1v) is 10.1. The standard InChI is InChI=1S/C21H17FN2O3S/c1-3-28(25,26)18-10-6-14(7-11-18)19-12-16(13-23)21(27-2)24-20(19)15-4-8-17(22)9-5-15/h4-12H,3H2,1-2H3. The predicted molar refractivity (Wildman–Crippen MR) is 104 cm³/mol. The molecule has 0 aliphatic rings. The van der Waals surface area contributed by atoms with E-state index in [-0.39, 0.29) is 27.9 Å². The average molecular weight is 396 g/mol. The summed E-state index contributed by atoms with van der Waals surface area (Å²) in [7, 11) is -1.90. The van der Waals surface area contributed by atoms with Crippen molar-refractivity contribution >= 4 is 9.84 Å². The molecule has 3 rings (SSSR count). The van der Waals surface area contributed by atoms with Gasteiger partial charge >= 0.3 is 0 Å². The summed E-state index contributed by atoms with van der Waals surface area (Å²) in [5.74, 6) is -0.202. The van der Waals surface area contributed by atoms with Crippen LogP contribution in [0.2, 0.25) is 0 Å². The van der Waals surface area contributed by atoms with Crippen molar-refractivity contribution in [3.63, 3.8) is 0 Å². The first kappa shape index (κ1) is 19.5. The van der Waals surface area contributed by atoms with E-state index in [2.05, 4.69) is 4.98 Å². The van der Waals surface area contributed by atoms with Gasteiger partial charge in [0.05, 0.1) is 23.5 Å². The average Bonchev–Trinajstić information content (AvgIpc) is 2.73. The van der Waals surface area contributed by atoms with Crippen molar-refractivity contribution in [3.05, 3.63) is 66.0 Å².